The zero-order chi connectivity index (χ0) is 19.0. The predicted molar refractivity (Wildman–Crippen MR) is 123 cm³/mol. The van der Waals surface area contributed by atoms with Gasteiger partial charge in [0.25, 0.3) is 0 Å². The van der Waals surface area contributed by atoms with Crippen molar-refractivity contribution < 1.29 is 29.6 Å². The third-order valence-corrected chi connectivity index (χ3v) is 15.5. The summed E-state index contributed by atoms with van der Waals surface area (Å²) >= 11 is 0. The van der Waals surface area contributed by atoms with Crippen LogP contribution in [0.2, 0.25) is 0 Å². The van der Waals surface area contributed by atoms with Crippen LogP contribution in [-0.2, 0) is 4.79 Å². The molecule has 0 saturated carbocycles. The average molecular weight is 459 g/mol. The summed E-state index contributed by atoms with van der Waals surface area (Å²) in [6.07, 6.45) is 6.03. The number of hydrogen-bond donors (Lipinski definition) is 0. The number of ketones is 1. The molecule has 0 aromatic heterocycles. The molecule has 0 N–H and O–H groups in total. The average Bonchev–Trinajstić information content (AvgIpc) is 2.71. The first kappa shape index (κ1) is 27.5. The Labute approximate surface area is 185 Å². The molecule has 1 nitrogen and oxygen atoms in total. The van der Waals surface area contributed by atoms with Crippen molar-refractivity contribution >= 4 is 30.9 Å². The Morgan fingerprint density at radius 2 is 0.893 bits per heavy atom. The molecular weight excluding hydrogens is 425 g/mol. The van der Waals surface area contributed by atoms with E-state index in [-0.39, 0.29) is 24.8 Å². The van der Waals surface area contributed by atoms with E-state index in [0.717, 1.165) is 37.0 Å². The number of carbonyl (C=O) groups is 1. The number of Topliss-reactive ketones (excluding diaryl/α,β-unsaturated/α-hetero) is 1. The maximum absolute atomic E-state index is 13.3. The molecule has 2 rings (SSSR count). The maximum atomic E-state index is 13.3. The molecular formula is C23H34Cl2OP2. The molecule has 0 aliphatic carbocycles. The lowest BCUT2D eigenvalue weighted by Gasteiger charge is -2.27. The SMILES string of the molecule is CC[P+](CC)(CC(=O)C[P+](CC)(CC)c1ccccc1)c1ccccc1.[Cl-].[Cl-]. The van der Waals surface area contributed by atoms with Crippen molar-refractivity contribution in [2.24, 2.45) is 0 Å². The maximum Gasteiger partial charge on any atom is 0.207 e. The summed E-state index contributed by atoms with van der Waals surface area (Å²) in [4.78, 5) is 13.3. The molecule has 2 aromatic carbocycles. The fourth-order valence-corrected chi connectivity index (χ4v) is 11.0. The molecule has 0 fully saturated rings. The van der Waals surface area contributed by atoms with Crippen LogP contribution in [0.5, 0.6) is 0 Å². The highest BCUT2D eigenvalue weighted by molar-refractivity contribution is 7.85. The lowest BCUT2D eigenvalue weighted by atomic mass is 10.4. The number of rotatable bonds is 10. The summed E-state index contributed by atoms with van der Waals surface area (Å²) in [7, 11) is -2.79. The van der Waals surface area contributed by atoms with Crippen LogP contribution in [0, 0.1) is 0 Å². The molecule has 0 saturated heterocycles. The molecule has 0 aliphatic heterocycles. The van der Waals surface area contributed by atoms with Gasteiger partial charge < -0.3 is 24.8 Å². The zero-order valence-electron chi connectivity index (χ0n) is 17.6. The van der Waals surface area contributed by atoms with E-state index in [9.17, 15) is 4.79 Å². The number of benzene rings is 2. The van der Waals surface area contributed by atoms with Crippen molar-refractivity contribution in [2.45, 2.75) is 27.7 Å². The van der Waals surface area contributed by atoms with Crippen LogP contribution in [-0.4, -0.2) is 42.8 Å². The molecule has 0 heterocycles. The minimum atomic E-state index is -1.40. The van der Waals surface area contributed by atoms with Gasteiger partial charge in [0.2, 0.25) is 5.78 Å². The summed E-state index contributed by atoms with van der Waals surface area (Å²) in [5.74, 6) is 0.492. The second kappa shape index (κ2) is 13.0. The van der Waals surface area contributed by atoms with E-state index < -0.39 is 14.5 Å². The largest absolute Gasteiger partial charge is 1.00 e. The molecule has 5 heteroatoms. The molecule has 0 atom stereocenters. The van der Waals surface area contributed by atoms with Crippen molar-refractivity contribution in [3.05, 3.63) is 60.7 Å². The molecule has 0 radical (unpaired) electrons. The van der Waals surface area contributed by atoms with E-state index in [1.54, 1.807) is 0 Å². The first-order valence-corrected chi connectivity index (χ1v) is 14.6. The van der Waals surface area contributed by atoms with E-state index in [4.69, 9.17) is 0 Å². The van der Waals surface area contributed by atoms with Gasteiger partial charge in [-0.05, 0) is 52.0 Å². The van der Waals surface area contributed by atoms with Crippen LogP contribution < -0.4 is 35.4 Å². The highest BCUT2D eigenvalue weighted by Crippen LogP contribution is 2.60. The quantitative estimate of drug-likeness (QED) is 0.431. The van der Waals surface area contributed by atoms with Crippen LogP contribution in [0.3, 0.4) is 0 Å². The minimum Gasteiger partial charge on any atom is -1.00 e. The van der Waals surface area contributed by atoms with Crippen LogP contribution >= 0.6 is 14.5 Å². The van der Waals surface area contributed by atoms with Crippen molar-refractivity contribution in [1.29, 1.82) is 0 Å². The number of hydrogen-bond acceptors (Lipinski definition) is 1. The summed E-state index contributed by atoms with van der Waals surface area (Å²) in [5.41, 5.74) is 0. The zero-order valence-corrected chi connectivity index (χ0v) is 20.9. The predicted octanol–water partition coefficient (Wildman–Crippen LogP) is -0.671. The van der Waals surface area contributed by atoms with Gasteiger partial charge in [0.1, 0.15) is 12.3 Å². The Morgan fingerprint density at radius 1 is 0.607 bits per heavy atom. The molecule has 28 heavy (non-hydrogen) atoms. The Morgan fingerprint density at radius 3 is 1.14 bits per heavy atom. The Bertz CT molecular complexity index is 625. The molecule has 0 amide bonds. The van der Waals surface area contributed by atoms with E-state index in [1.807, 2.05) is 0 Å². The summed E-state index contributed by atoms with van der Waals surface area (Å²) < 4.78 is 0. The highest BCUT2D eigenvalue weighted by Gasteiger charge is 2.44. The van der Waals surface area contributed by atoms with Gasteiger partial charge in [-0.2, -0.15) is 0 Å². The summed E-state index contributed by atoms with van der Waals surface area (Å²) in [6, 6.07) is 21.6. The van der Waals surface area contributed by atoms with Crippen molar-refractivity contribution in [1.82, 2.24) is 0 Å². The monoisotopic (exact) mass is 458 g/mol. The molecule has 0 aliphatic rings. The first-order chi connectivity index (χ1) is 12.6. The van der Waals surface area contributed by atoms with Crippen LogP contribution in [0.15, 0.2) is 60.7 Å². The second-order valence-corrected chi connectivity index (χ2v) is 15.9. The third kappa shape index (κ3) is 6.27. The van der Waals surface area contributed by atoms with Gasteiger partial charge in [-0.1, -0.05) is 36.4 Å². The van der Waals surface area contributed by atoms with Gasteiger partial charge in [-0.3, -0.25) is 4.79 Å². The summed E-state index contributed by atoms with van der Waals surface area (Å²) in [5, 5.41) is 2.85. The third-order valence-electron chi connectivity index (χ3n) is 5.99. The van der Waals surface area contributed by atoms with Crippen molar-refractivity contribution in [2.75, 3.05) is 37.0 Å². The van der Waals surface area contributed by atoms with Gasteiger partial charge in [0, 0.05) is 0 Å². The van der Waals surface area contributed by atoms with Gasteiger partial charge in [0.05, 0.1) is 49.8 Å². The Balaban J connectivity index is 0.00000364. The molecule has 0 bridgehead atoms. The fraction of sp³-hybridized carbons (Fsp3) is 0.435. The second-order valence-electron chi connectivity index (χ2n) is 7.08. The van der Waals surface area contributed by atoms with E-state index >= 15 is 0 Å². The molecule has 156 valence electrons. The molecule has 0 spiro atoms. The standard InChI is InChI=1S/C23H34OP2.2ClH/c1-5-25(6-2,22-15-11-9-12-16-22)19-21(24)20-26(7-3,8-4)23-17-13-10-14-18-23;;/h9-18H,5-8,19-20H2,1-4H3;2*1H/q+2;;/p-2. The normalized spacial score (nSPS) is 11.3. The van der Waals surface area contributed by atoms with Crippen LogP contribution in [0.1, 0.15) is 27.7 Å². The van der Waals surface area contributed by atoms with Crippen LogP contribution in [0.25, 0.3) is 0 Å². The Hall–Kier alpha value is -0.450. The van der Waals surface area contributed by atoms with Gasteiger partial charge >= 0.3 is 0 Å². The summed E-state index contributed by atoms with van der Waals surface area (Å²) in [6.45, 7) is 9.10. The first-order valence-electron chi connectivity index (χ1n) is 9.91. The molecule has 2 aromatic rings. The minimum absolute atomic E-state index is 0. The lowest BCUT2D eigenvalue weighted by molar-refractivity contribution is -0.114. The lowest BCUT2D eigenvalue weighted by Crippen LogP contribution is -3.00. The van der Waals surface area contributed by atoms with Crippen molar-refractivity contribution in [3.8, 4) is 0 Å². The van der Waals surface area contributed by atoms with E-state index in [0.29, 0.717) is 5.78 Å². The smallest absolute Gasteiger partial charge is 0.207 e. The highest BCUT2D eigenvalue weighted by atomic mass is 35.5. The molecule has 0 unspecified atom stereocenters. The Kier molecular flexibility index (Phi) is 12.8. The van der Waals surface area contributed by atoms with Gasteiger partial charge in [-0.25, -0.2) is 0 Å². The number of halogens is 2. The van der Waals surface area contributed by atoms with Gasteiger partial charge in [-0.15, -0.1) is 0 Å². The van der Waals surface area contributed by atoms with E-state index in [2.05, 4.69) is 88.4 Å². The van der Waals surface area contributed by atoms with Crippen LogP contribution in [0.4, 0.5) is 0 Å². The van der Waals surface area contributed by atoms with E-state index in [1.165, 1.54) is 10.6 Å². The van der Waals surface area contributed by atoms with Crippen molar-refractivity contribution in [3.63, 3.8) is 0 Å². The van der Waals surface area contributed by atoms with Gasteiger partial charge in [0.15, 0.2) is 0 Å². The topological polar surface area (TPSA) is 17.1 Å². The number of carbonyl (C=O) groups excluding carboxylic acids is 1. The fourth-order valence-electron chi connectivity index (χ4n) is 4.02.